The first kappa shape index (κ1) is 17.7. The van der Waals surface area contributed by atoms with Crippen molar-refractivity contribution in [2.75, 3.05) is 37.0 Å². The van der Waals surface area contributed by atoms with Crippen LogP contribution in [-0.2, 0) is 11.2 Å². The number of rotatable bonds is 10. The molecule has 0 aliphatic carbocycles. The summed E-state index contributed by atoms with van der Waals surface area (Å²) in [7, 11) is 2.05. The van der Waals surface area contributed by atoms with Crippen LogP contribution < -0.4 is 10.2 Å². The smallest absolute Gasteiger partial charge is 0.134 e. The number of hydrogen-bond acceptors (Lipinski definition) is 5. The van der Waals surface area contributed by atoms with E-state index >= 15 is 0 Å². The molecular formula is C16H30N4O. The molecule has 1 rings (SSSR count). The molecule has 1 aromatic heterocycles. The van der Waals surface area contributed by atoms with Crippen molar-refractivity contribution in [1.82, 2.24) is 9.97 Å². The van der Waals surface area contributed by atoms with Crippen molar-refractivity contribution in [2.45, 2.75) is 53.1 Å². The summed E-state index contributed by atoms with van der Waals surface area (Å²) in [5.74, 6) is 2.78. The summed E-state index contributed by atoms with van der Waals surface area (Å²) in [5, 5.41) is 3.35. The molecule has 1 N–H and O–H groups in total. The second-order valence-electron chi connectivity index (χ2n) is 5.55. The van der Waals surface area contributed by atoms with Crippen molar-refractivity contribution in [3.8, 4) is 0 Å². The number of aromatic nitrogens is 2. The Bertz CT molecular complexity index is 409. The Hall–Kier alpha value is -1.36. The summed E-state index contributed by atoms with van der Waals surface area (Å²) < 4.78 is 5.61. The predicted octanol–water partition coefficient (Wildman–Crippen LogP) is 3.11. The van der Waals surface area contributed by atoms with E-state index in [0.717, 1.165) is 49.8 Å². The standard InChI is InChI=1S/C16H30N4O/c1-6-8-14-18-15(17-9-7-2)12-16(19-14)20(5)10-11-21-13(3)4/h12-13H,6-11H2,1-5H3,(H,17,18,19). The molecule has 0 radical (unpaired) electrons. The zero-order chi connectivity index (χ0) is 15.7. The van der Waals surface area contributed by atoms with Gasteiger partial charge < -0.3 is 15.0 Å². The van der Waals surface area contributed by atoms with Crippen molar-refractivity contribution >= 4 is 11.6 Å². The first-order valence-corrected chi connectivity index (χ1v) is 8.01. The van der Waals surface area contributed by atoms with Gasteiger partial charge in [0.15, 0.2) is 0 Å². The second-order valence-corrected chi connectivity index (χ2v) is 5.55. The zero-order valence-corrected chi connectivity index (χ0v) is 14.1. The van der Waals surface area contributed by atoms with E-state index < -0.39 is 0 Å². The lowest BCUT2D eigenvalue weighted by Crippen LogP contribution is -2.25. The molecule has 0 aliphatic heterocycles. The molecule has 21 heavy (non-hydrogen) atoms. The summed E-state index contributed by atoms with van der Waals surface area (Å²) in [6.45, 7) is 10.9. The molecule has 5 heteroatoms. The van der Waals surface area contributed by atoms with Gasteiger partial charge in [0.2, 0.25) is 0 Å². The van der Waals surface area contributed by atoms with Crippen molar-refractivity contribution in [3.05, 3.63) is 11.9 Å². The summed E-state index contributed by atoms with van der Waals surface area (Å²) in [6, 6.07) is 2.02. The Morgan fingerprint density at radius 3 is 2.62 bits per heavy atom. The number of ether oxygens (including phenoxy) is 1. The Balaban J connectivity index is 2.75. The van der Waals surface area contributed by atoms with Gasteiger partial charge in [-0.1, -0.05) is 13.8 Å². The molecule has 0 aromatic carbocycles. The number of likely N-dealkylation sites (N-methyl/N-ethyl adjacent to an activating group) is 1. The van der Waals surface area contributed by atoms with E-state index in [-0.39, 0.29) is 6.10 Å². The van der Waals surface area contributed by atoms with Gasteiger partial charge in [-0.15, -0.1) is 0 Å². The lowest BCUT2D eigenvalue weighted by molar-refractivity contribution is 0.0845. The van der Waals surface area contributed by atoms with Crippen LogP contribution in [-0.4, -0.2) is 42.8 Å². The Morgan fingerprint density at radius 1 is 1.24 bits per heavy atom. The third-order valence-corrected chi connectivity index (χ3v) is 3.06. The van der Waals surface area contributed by atoms with Crippen LogP contribution in [0.1, 0.15) is 46.4 Å². The maximum atomic E-state index is 5.61. The number of nitrogens with one attached hydrogen (secondary N) is 1. The van der Waals surface area contributed by atoms with Gasteiger partial charge in [0.05, 0.1) is 12.7 Å². The monoisotopic (exact) mass is 294 g/mol. The van der Waals surface area contributed by atoms with Crippen LogP contribution in [0.4, 0.5) is 11.6 Å². The van der Waals surface area contributed by atoms with E-state index in [4.69, 9.17) is 4.74 Å². The van der Waals surface area contributed by atoms with Crippen molar-refractivity contribution in [3.63, 3.8) is 0 Å². The fourth-order valence-corrected chi connectivity index (χ4v) is 1.90. The molecular weight excluding hydrogens is 264 g/mol. The van der Waals surface area contributed by atoms with E-state index in [1.165, 1.54) is 0 Å². The highest BCUT2D eigenvalue weighted by molar-refractivity contribution is 5.49. The van der Waals surface area contributed by atoms with Gasteiger partial charge in [0.25, 0.3) is 0 Å². The lowest BCUT2D eigenvalue weighted by atomic mass is 10.3. The third-order valence-electron chi connectivity index (χ3n) is 3.06. The summed E-state index contributed by atoms with van der Waals surface area (Å²) in [4.78, 5) is 11.3. The fourth-order valence-electron chi connectivity index (χ4n) is 1.90. The van der Waals surface area contributed by atoms with Crippen LogP contribution in [0.5, 0.6) is 0 Å². The number of hydrogen-bond donors (Lipinski definition) is 1. The molecule has 0 bridgehead atoms. The topological polar surface area (TPSA) is 50.3 Å². The minimum Gasteiger partial charge on any atom is -0.377 e. The molecule has 0 spiro atoms. The average Bonchev–Trinajstić information content (AvgIpc) is 2.44. The molecule has 5 nitrogen and oxygen atoms in total. The minimum atomic E-state index is 0.265. The SMILES string of the molecule is CCCNc1cc(N(C)CCOC(C)C)nc(CCC)n1. The van der Waals surface area contributed by atoms with Crippen LogP contribution >= 0.6 is 0 Å². The Kier molecular flexibility index (Phi) is 8.05. The zero-order valence-electron chi connectivity index (χ0n) is 14.1. The molecule has 0 aliphatic rings. The molecule has 0 saturated carbocycles. The maximum absolute atomic E-state index is 5.61. The average molecular weight is 294 g/mol. The van der Waals surface area contributed by atoms with Crippen LogP contribution in [0, 0.1) is 0 Å². The summed E-state index contributed by atoms with van der Waals surface area (Å²) >= 11 is 0. The third kappa shape index (κ3) is 6.76. The second kappa shape index (κ2) is 9.55. The first-order chi connectivity index (χ1) is 10.1. The Morgan fingerprint density at radius 2 is 2.00 bits per heavy atom. The minimum absolute atomic E-state index is 0.265. The summed E-state index contributed by atoms with van der Waals surface area (Å²) in [5.41, 5.74) is 0. The van der Waals surface area contributed by atoms with Gasteiger partial charge >= 0.3 is 0 Å². The van der Waals surface area contributed by atoms with Gasteiger partial charge in [-0.25, -0.2) is 9.97 Å². The van der Waals surface area contributed by atoms with E-state index in [9.17, 15) is 0 Å². The van der Waals surface area contributed by atoms with Crippen molar-refractivity contribution < 1.29 is 4.74 Å². The highest BCUT2D eigenvalue weighted by Crippen LogP contribution is 2.16. The molecule has 0 unspecified atom stereocenters. The predicted molar refractivity (Wildman–Crippen MR) is 89.2 cm³/mol. The van der Waals surface area contributed by atoms with E-state index in [2.05, 4.69) is 47.9 Å². The Labute approximate surface area is 129 Å². The highest BCUT2D eigenvalue weighted by atomic mass is 16.5. The molecule has 0 atom stereocenters. The van der Waals surface area contributed by atoms with E-state index in [1.807, 2.05) is 13.1 Å². The lowest BCUT2D eigenvalue weighted by Gasteiger charge is -2.20. The number of nitrogens with zero attached hydrogens (tertiary/aromatic N) is 3. The maximum Gasteiger partial charge on any atom is 0.134 e. The molecule has 0 saturated heterocycles. The van der Waals surface area contributed by atoms with Gasteiger partial charge in [-0.3, -0.25) is 0 Å². The van der Waals surface area contributed by atoms with E-state index in [1.54, 1.807) is 0 Å². The van der Waals surface area contributed by atoms with E-state index in [0.29, 0.717) is 6.61 Å². The normalized spacial score (nSPS) is 11.0. The van der Waals surface area contributed by atoms with Crippen LogP contribution in [0.25, 0.3) is 0 Å². The highest BCUT2D eigenvalue weighted by Gasteiger charge is 2.08. The first-order valence-electron chi connectivity index (χ1n) is 8.01. The number of aryl methyl sites for hydroxylation is 1. The molecule has 1 heterocycles. The van der Waals surface area contributed by atoms with Gasteiger partial charge in [0.1, 0.15) is 17.5 Å². The van der Waals surface area contributed by atoms with Crippen molar-refractivity contribution in [2.24, 2.45) is 0 Å². The quantitative estimate of drug-likeness (QED) is 0.718. The summed E-state index contributed by atoms with van der Waals surface area (Å²) in [6.07, 6.45) is 3.31. The fraction of sp³-hybridized carbons (Fsp3) is 0.750. The van der Waals surface area contributed by atoms with Gasteiger partial charge in [-0.05, 0) is 26.7 Å². The van der Waals surface area contributed by atoms with Crippen LogP contribution in [0.2, 0.25) is 0 Å². The van der Waals surface area contributed by atoms with Crippen LogP contribution in [0.3, 0.4) is 0 Å². The largest absolute Gasteiger partial charge is 0.377 e. The van der Waals surface area contributed by atoms with Crippen LogP contribution in [0.15, 0.2) is 6.07 Å². The molecule has 0 amide bonds. The number of anilines is 2. The van der Waals surface area contributed by atoms with Gasteiger partial charge in [0, 0.05) is 32.6 Å². The van der Waals surface area contributed by atoms with Gasteiger partial charge in [-0.2, -0.15) is 0 Å². The van der Waals surface area contributed by atoms with Crippen molar-refractivity contribution in [1.29, 1.82) is 0 Å². The molecule has 120 valence electrons. The molecule has 1 aromatic rings. The molecule has 0 fully saturated rings.